The van der Waals surface area contributed by atoms with Crippen molar-refractivity contribution in [2.75, 3.05) is 26.7 Å². The zero-order valence-electron chi connectivity index (χ0n) is 20.6. The summed E-state index contributed by atoms with van der Waals surface area (Å²) >= 11 is 5.98. The van der Waals surface area contributed by atoms with Crippen LogP contribution >= 0.6 is 11.6 Å². The molecular weight excluding hydrogens is 498 g/mol. The molecule has 0 aromatic heterocycles. The molecule has 4 rings (SSSR count). The molecule has 1 aliphatic rings. The largest absolute Gasteiger partial charge is 0.493 e. The monoisotopic (exact) mass is 526 g/mol. The van der Waals surface area contributed by atoms with Crippen molar-refractivity contribution in [2.24, 2.45) is 5.41 Å². The molecule has 0 saturated carbocycles. The Morgan fingerprint density at radius 3 is 2.32 bits per heavy atom. The number of nitrogens with zero attached hydrogens (tertiary/aromatic N) is 2. The molecule has 1 saturated heterocycles. The molecule has 0 unspecified atom stereocenters. The molecule has 194 valence electrons. The number of amides is 2. The van der Waals surface area contributed by atoms with E-state index in [9.17, 15) is 18.4 Å². The first-order valence-corrected chi connectivity index (χ1v) is 12.5. The molecule has 5 nitrogen and oxygen atoms in total. The van der Waals surface area contributed by atoms with Crippen molar-refractivity contribution in [3.8, 4) is 5.75 Å². The summed E-state index contributed by atoms with van der Waals surface area (Å²) in [5, 5.41) is 0.597. The van der Waals surface area contributed by atoms with Gasteiger partial charge in [-0.15, -0.1) is 0 Å². The number of rotatable bonds is 8. The smallest absolute Gasteiger partial charge is 0.256 e. The Balaban J connectivity index is 1.46. The van der Waals surface area contributed by atoms with Gasteiger partial charge in [0.15, 0.2) is 0 Å². The van der Waals surface area contributed by atoms with Gasteiger partial charge in [0, 0.05) is 49.6 Å². The summed E-state index contributed by atoms with van der Waals surface area (Å²) in [6.45, 7) is 1.43. The first-order valence-electron chi connectivity index (χ1n) is 12.2. The van der Waals surface area contributed by atoms with Gasteiger partial charge in [0.05, 0.1) is 12.2 Å². The fourth-order valence-electron chi connectivity index (χ4n) is 4.56. The Labute approximate surface area is 220 Å². The number of piperidine rings is 1. The van der Waals surface area contributed by atoms with Crippen LogP contribution in [0.5, 0.6) is 5.75 Å². The summed E-state index contributed by atoms with van der Waals surface area (Å²) in [5.41, 5.74) is 0.358. The van der Waals surface area contributed by atoms with Gasteiger partial charge in [-0.1, -0.05) is 41.9 Å². The van der Waals surface area contributed by atoms with Gasteiger partial charge >= 0.3 is 0 Å². The molecule has 3 aromatic rings. The minimum absolute atomic E-state index is 0.0204. The summed E-state index contributed by atoms with van der Waals surface area (Å²) in [4.78, 5) is 29.5. The fourth-order valence-corrected chi connectivity index (χ4v) is 4.68. The Kier molecular flexibility index (Phi) is 8.44. The molecule has 0 radical (unpaired) electrons. The molecule has 0 aliphatic carbocycles. The van der Waals surface area contributed by atoms with Crippen LogP contribution in [0.2, 0.25) is 5.02 Å². The third-order valence-corrected chi connectivity index (χ3v) is 7.10. The predicted molar refractivity (Wildman–Crippen MR) is 138 cm³/mol. The zero-order chi connectivity index (χ0) is 26.4. The SMILES string of the molecule is CN(Cc1ccccc1)C(=O)CC1(COc2ccc(Cl)cc2)CCN(C(=O)c2ccc(F)cc2F)CC1. The van der Waals surface area contributed by atoms with Gasteiger partial charge in [-0.05, 0) is 54.8 Å². The maximum absolute atomic E-state index is 14.2. The van der Waals surface area contributed by atoms with Gasteiger partial charge in [0.2, 0.25) is 5.91 Å². The number of likely N-dealkylation sites (tertiary alicyclic amines) is 1. The lowest BCUT2D eigenvalue weighted by molar-refractivity contribution is -0.134. The second kappa shape index (κ2) is 11.7. The number of carbonyl (C=O) groups is 2. The summed E-state index contributed by atoms with van der Waals surface area (Å²) in [7, 11) is 1.78. The minimum atomic E-state index is -0.884. The zero-order valence-corrected chi connectivity index (χ0v) is 21.4. The van der Waals surface area contributed by atoms with Crippen LogP contribution in [-0.2, 0) is 11.3 Å². The number of benzene rings is 3. The van der Waals surface area contributed by atoms with E-state index in [0.717, 1.165) is 11.6 Å². The van der Waals surface area contributed by atoms with Gasteiger partial charge in [0.25, 0.3) is 5.91 Å². The van der Waals surface area contributed by atoms with Crippen LogP contribution in [0.4, 0.5) is 8.78 Å². The highest BCUT2D eigenvalue weighted by Gasteiger charge is 2.40. The van der Waals surface area contributed by atoms with Crippen LogP contribution in [0, 0.1) is 17.0 Å². The molecule has 1 fully saturated rings. The highest BCUT2D eigenvalue weighted by atomic mass is 35.5. The van der Waals surface area contributed by atoms with Gasteiger partial charge in [-0.3, -0.25) is 9.59 Å². The van der Waals surface area contributed by atoms with E-state index < -0.39 is 23.0 Å². The topological polar surface area (TPSA) is 49.9 Å². The summed E-state index contributed by atoms with van der Waals surface area (Å²) in [6.07, 6.45) is 1.25. The van der Waals surface area contributed by atoms with E-state index >= 15 is 0 Å². The molecule has 1 heterocycles. The molecule has 1 aliphatic heterocycles. The van der Waals surface area contributed by atoms with Crippen molar-refractivity contribution in [3.05, 3.63) is 101 Å². The molecule has 0 bridgehead atoms. The van der Waals surface area contributed by atoms with Crippen molar-refractivity contribution in [3.63, 3.8) is 0 Å². The minimum Gasteiger partial charge on any atom is -0.493 e. The van der Waals surface area contributed by atoms with Gasteiger partial charge < -0.3 is 14.5 Å². The maximum atomic E-state index is 14.2. The number of hydrogen-bond donors (Lipinski definition) is 0. The lowest BCUT2D eigenvalue weighted by atomic mass is 9.75. The van der Waals surface area contributed by atoms with E-state index in [1.807, 2.05) is 30.3 Å². The molecule has 0 N–H and O–H groups in total. The van der Waals surface area contributed by atoms with Crippen LogP contribution in [0.1, 0.15) is 35.2 Å². The van der Waals surface area contributed by atoms with Crippen molar-refractivity contribution < 1.29 is 23.1 Å². The van der Waals surface area contributed by atoms with Gasteiger partial charge in [-0.2, -0.15) is 0 Å². The standard InChI is InChI=1S/C29H29ClF2N2O3/c1-33(19-21-5-3-2-4-6-21)27(35)18-29(20-37-24-10-7-22(30)8-11-24)13-15-34(16-14-29)28(36)25-12-9-23(31)17-26(25)32/h2-12,17H,13-16,18-20H2,1H3. The average molecular weight is 527 g/mol. The Morgan fingerprint density at radius 2 is 1.68 bits per heavy atom. The normalized spacial score (nSPS) is 14.8. The van der Waals surface area contributed by atoms with Crippen molar-refractivity contribution in [1.82, 2.24) is 9.80 Å². The average Bonchev–Trinajstić information content (AvgIpc) is 2.89. The van der Waals surface area contributed by atoms with E-state index in [2.05, 4.69) is 0 Å². The fraction of sp³-hybridized carbons (Fsp3) is 0.310. The van der Waals surface area contributed by atoms with Crippen molar-refractivity contribution in [1.29, 1.82) is 0 Å². The Hall–Kier alpha value is -3.45. The van der Waals surface area contributed by atoms with Crippen LogP contribution in [0.3, 0.4) is 0 Å². The van der Waals surface area contributed by atoms with Crippen molar-refractivity contribution >= 4 is 23.4 Å². The molecule has 2 amide bonds. The van der Waals surface area contributed by atoms with Gasteiger partial charge in [0.1, 0.15) is 17.4 Å². The third kappa shape index (κ3) is 6.86. The number of ether oxygens (including phenoxy) is 1. The van der Waals surface area contributed by atoms with E-state index in [1.54, 1.807) is 41.1 Å². The summed E-state index contributed by atoms with van der Waals surface area (Å²) in [5.74, 6) is -1.49. The first kappa shape index (κ1) is 26.6. The quantitative estimate of drug-likeness (QED) is 0.363. The number of hydrogen-bond acceptors (Lipinski definition) is 3. The van der Waals surface area contributed by atoms with Gasteiger partial charge in [-0.25, -0.2) is 8.78 Å². The van der Waals surface area contributed by atoms with Crippen LogP contribution in [0.25, 0.3) is 0 Å². The van der Waals surface area contributed by atoms with Crippen molar-refractivity contribution in [2.45, 2.75) is 25.8 Å². The highest BCUT2D eigenvalue weighted by molar-refractivity contribution is 6.30. The van der Waals surface area contributed by atoms with E-state index in [1.165, 1.54) is 6.07 Å². The lowest BCUT2D eigenvalue weighted by Gasteiger charge is -2.42. The van der Waals surface area contributed by atoms with Crippen LogP contribution < -0.4 is 4.74 Å². The predicted octanol–water partition coefficient (Wildman–Crippen LogP) is 5.97. The van der Waals surface area contributed by atoms with Crippen LogP contribution in [0.15, 0.2) is 72.8 Å². The van der Waals surface area contributed by atoms with Crippen LogP contribution in [-0.4, -0.2) is 48.4 Å². The lowest BCUT2D eigenvalue weighted by Crippen LogP contribution is -2.47. The summed E-state index contributed by atoms with van der Waals surface area (Å²) < 4.78 is 33.6. The second-order valence-electron chi connectivity index (χ2n) is 9.57. The molecule has 37 heavy (non-hydrogen) atoms. The molecule has 8 heteroatoms. The highest BCUT2D eigenvalue weighted by Crippen LogP contribution is 2.37. The Morgan fingerprint density at radius 1 is 1.00 bits per heavy atom. The third-order valence-electron chi connectivity index (χ3n) is 6.85. The molecule has 3 aromatic carbocycles. The second-order valence-corrected chi connectivity index (χ2v) is 10.0. The number of halogens is 3. The number of carbonyl (C=O) groups excluding carboxylic acids is 2. The first-order chi connectivity index (χ1) is 17.7. The Bertz CT molecular complexity index is 1230. The summed E-state index contributed by atoms with van der Waals surface area (Å²) in [6, 6.07) is 19.7. The maximum Gasteiger partial charge on any atom is 0.256 e. The molecule has 0 spiro atoms. The van der Waals surface area contributed by atoms with E-state index in [-0.39, 0.29) is 24.5 Å². The van der Waals surface area contributed by atoms with E-state index in [4.69, 9.17) is 16.3 Å². The van der Waals surface area contributed by atoms with E-state index in [0.29, 0.717) is 49.3 Å². The molecule has 0 atom stereocenters. The molecular formula is C29H29ClF2N2O3.